The molecule has 1 aromatic carbocycles. The second kappa shape index (κ2) is 6.86. The van der Waals surface area contributed by atoms with Gasteiger partial charge >= 0.3 is 5.97 Å². The molecular weight excluding hydrogens is 306 g/mol. The van der Waals surface area contributed by atoms with Crippen LogP contribution in [0, 0.1) is 0 Å². The first-order valence-electron chi connectivity index (χ1n) is 8.26. The first kappa shape index (κ1) is 16.2. The molecule has 24 heavy (non-hydrogen) atoms. The van der Waals surface area contributed by atoms with Gasteiger partial charge in [-0.1, -0.05) is 18.2 Å². The van der Waals surface area contributed by atoms with Gasteiger partial charge in [0.25, 0.3) is 5.91 Å². The Hall–Kier alpha value is -2.63. The van der Waals surface area contributed by atoms with Gasteiger partial charge in [0, 0.05) is 19.0 Å². The smallest absolute Gasteiger partial charge is 0.305 e. The standard InChI is InChI=1S/C18H21N3O3/c1-2-20(11-10-17(22)23)18(24)16-12-15(13-8-9-13)19-21(16)14-6-4-3-5-7-14/h3-7,12-13H,2,8-11H2,1H3,(H,22,23). The molecule has 126 valence electrons. The number of hydrogen-bond acceptors (Lipinski definition) is 3. The average molecular weight is 327 g/mol. The molecule has 0 aliphatic heterocycles. The van der Waals surface area contributed by atoms with Crippen molar-refractivity contribution in [2.45, 2.75) is 32.1 Å². The molecule has 0 spiro atoms. The molecule has 0 saturated heterocycles. The maximum absolute atomic E-state index is 12.9. The van der Waals surface area contributed by atoms with E-state index >= 15 is 0 Å². The van der Waals surface area contributed by atoms with E-state index in [0.717, 1.165) is 24.2 Å². The SMILES string of the molecule is CCN(CCC(=O)O)C(=O)c1cc(C2CC2)nn1-c1ccccc1. The largest absolute Gasteiger partial charge is 0.481 e. The van der Waals surface area contributed by atoms with E-state index in [-0.39, 0.29) is 18.9 Å². The number of aromatic nitrogens is 2. The summed E-state index contributed by atoms with van der Waals surface area (Å²) in [6.45, 7) is 2.51. The third-order valence-corrected chi connectivity index (χ3v) is 4.21. The minimum atomic E-state index is -0.906. The van der Waals surface area contributed by atoms with Crippen molar-refractivity contribution in [2.24, 2.45) is 0 Å². The zero-order chi connectivity index (χ0) is 17.1. The van der Waals surface area contributed by atoms with Crippen LogP contribution in [0.4, 0.5) is 0 Å². The molecule has 1 N–H and O–H groups in total. The lowest BCUT2D eigenvalue weighted by Gasteiger charge is -2.20. The van der Waals surface area contributed by atoms with Crippen molar-refractivity contribution >= 4 is 11.9 Å². The minimum absolute atomic E-state index is 0.0610. The predicted molar refractivity (Wildman–Crippen MR) is 89.4 cm³/mol. The van der Waals surface area contributed by atoms with Crippen molar-refractivity contribution in [2.75, 3.05) is 13.1 Å². The van der Waals surface area contributed by atoms with Crippen LogP contribution in [0.25, 0.3) is 5.69 Å². The fourth-order valence-corrected chi connectivity index (χ4v) is 2.69. The summed E-state index contributed by atoms with van der Waals surface area (Å²) in [5, 5.41) is 13.5. The summed E-state index contributed by atoms with van der Waals surface area (Å²) in [5.74, 6) is -0.644. The van der Waals surface area contributed by atoms with Crippen molar-refractivity contribution in [1.29, 1.82) is 0 Å². The molecule has 1 amide bonds. The summed E-state index contributed by atoms with van der Waals surface area (Å²) < 4.78 is 1.68. The van der Waals surface area contributed by atoms with E-state index in [1.54, 1.807) is 9.58 Å². The van der Waals surface area contributed by atoms with Crippen LogP contribution in [-0.4, -0.2) is 44.8 Å². The summed E-state index contributed by atoms with van der Waals surface area (Å²) in [6, 6.07) is 11.4. The molecule has 1 aromatic heterocycles. The Labute approximate surface area is 140 Å². The number of benzene rings is 1. The molecule has 1 saturated carbocycles. The molecule has 2 aromatic rings. The van der Waals surface area contributed by atoms with Crippen molar-refractivity contribution in [1.82, 2.24) is 14.7 Å². The summed E-state index contributed by atoms with van der Waals surface area (Å²) in [4.78, 5) is 25.3. The number of nitrogens with zero attached hydrogens (tertiary/aromatic N) is 3. The fourth-order valence-electron chi connectivity index (χ4n) is 2.69. The van der Waals surface area contributed by atoms with Crippen LogP contribution >= 0.6 is 0 Å². The monoisotopic (exact) mass is 327 g/mol. The molecule has 1 heterocycles. The van der Waals surface area contributed by atoms with Gasteiger partial charge in [0.2, 0.25) is 0 Å². The van der Waals surface area contributed by atoms with Gasteiger partial charge in [-0.25, -0.2) is 4.68 Å². The lowest BCUT2D eigenvalue weighted by molar-refractivity contribution is -0.137. The van der Waals surface area contributed by atoms with Crippen LogP contribution in [-0.2, 0) is 4.79 Å². The highest BCUT2D eigenvalue weighted by molar-refractivity contribution is 5.93. The van der Waals surface area contributed by atoms with Gasteiger partial charge in [0.1, 0.15) is 5.69 Å². The van der Waals surface area contributed by atoms with Crippen LogP contribution in [0.15, 0.2) is 36.4 Å². The second-order valence-corrected chi connectivity index (χ2v) is 6.00. The van der Waals surface area contributed by atoms with E-state index in [1.807, 2.05) is 43.3 Å². The van der Waals surface area contributed by atoms with E-state index in [9.17, 15) is 9.59 Å². The molecule has 3 rings (SSSR count). The maximum atomic E-state index is 12.9. The van der Waals surface area contributed by atoms with Gasteiger partial charge in [0.05, 0.1) is 17.8 Å². The van der Waals surface area contributed by atoms with E-state index < -0.39 is 5.97 Å². The van der Waals surface area contributed by atoms with Gasteiger partial charge in [-0.2, -0.15) is 5.10 Å². The Kier molecular flexibility index (Phi) is 4.64. The van der Waals surface area contributed by atoms with Crippen molar-refractivity contribution < 1.29 is 14.7 Å². The number of amides is 1. The Morgan fingerprint density at radius 1 is 1.29 bits per heavy atom. The number of para-hydroxylation sites is 1. The van der Waals surface area contributed by atoms with Gasteiger partial charge in [-0.15, -0.1) is 0 Å². The molecule has 6 heteroatoms. The Morgan fingerprint density at radius 3 is 2.58 bits per heavy atom. The van der Waals surface area contributed by atoms with Gasteiger partial charge in [-0.05, 0) is 38.0 Å². The summed E-state index contributed by atoms with van der Waals surface area (Å²) in [6.07, 6.45) is 2.15. The third-order valence-electron chi connectivity index (χ3n) is 4.21. The first-order chi connectivity index (χ1) is 11.6. The molecule has 1 aliphatic rings. The molecule has 1 fully saturated rings. The lowest BCUT2D eigenvalue weighted by Crippen LogP contribution is -2.34. The quantitative estimate of drug-likeness (QED) is 0.848. The van der Waals surface area contributed by atoms with Crippen molar-refractivity contribution in [3.63, 3.8) is 0 Å². The molecule has 0 atom stereocenters. The van der Waals surface area contributed by atoms with Crippen molar-refractivity contribution in [3.8, 4) is 5.69 Å². The zero-order valence-electron chi connectivity index (χ0n) is 13.7. The topological polar surface area (TPSA) is 75.4 Å². The molecular formula is C18H21N3O3. The number of carboxylic acids is 1. The molecule has 0 bridgehead atoms. The fraction of sp³-hybridized carbons (Fsp3) is 0.389. The number of carboxylic acid groups (broad SMARTS) is 1. The van der Waals surface area contributed by atoms with E-state index in [1.165, 1.54) is 0 Å². The Bertz CT molecular complexity index is 735. The summed E-state index contributed by atoms with van der Waals surface area (Å²) in [7, 11) is 0. The van der Waals surface area contributed by atoms with Crippen LogP contribution in [0.2, 0.25) is 0 Å². The molecule has 6 nitrogen and oxygen atoms in total. The third kappa shape index (κ3) is 3.48. The number of carbonyl (C=O) groups is 2. The highest BCUT2D eigenvalue weighted by Gasteiger charge is 2.30. The summed E-state index contributed by atoms with van der Waals surface area (Å²) >= 11 is 0. The maximum Gasteiger partial charge on any atom is 0.305 e. The number of carbonyl (C=O) groups excluding carboxylic acids is 1. The first-order valence-corrected chi connectivity index (χ1v) is 8.26. The minimum Gasteiger partial charge on any atom is -0.481 e. The second-order valence-electron chi connectivity index (χ2n) is 6.00. The van der Waals surface area contributed by atoms with E-state index in [4.69, 9.17) is 5.11 Å². The van der Waals surface area contributed by atoms with Crippen LogP contribution in [0.5, 0.6) is 0 Å². The highest BCUT2D eigenvalue weighted by Crippen LogP contribution is 2.39. The number of hydrogen-bond donors (Lipinski definition) is 1. The average Bonchev–Trinajstić information content (AvgIpc) is 3.34. The summed E-state index contributed by atoms with van der Waals surface area (Å²) in [5.41, 5.74) is 2.27. The normalized spacial score (nSPS) is 13.7. The highest BCUT2D eigenvalue weighted by atomic mass is 16.4. The van der Waals surface area contributed by atoms with Crippen LogP contribution in [0.3, 0.4) is 0 Å². The van der Waals surface area contributed by atoms with Crippen molar-refractivity contribution in [3.05, 3.63) is 47.8 Å². The van der Waals surface area contributed by atoms with Gasteiger partial charge in [-0.3, -0.25) is 9.59 Å². The van der Waals surface area contributed by atoms with Crippen LogP contribution < -0.4 is 0 Å². The van der Waals surface area contributed by atoms with Crippen LogP contribution in [0.1, 0.15) is 48.3 Å². The predicted octanol–water partition coefficient (Wildman–Crippen LogP) is 2.69. The Balaban J connectivity index is 1.93. The zero-order valence-corrected chi connectivity index (χ0v) is 13.7. The lowest BCUT2D eigenvalue weighted by atomic mass is 10.2. The molecule has 0 unspecified atom stereocenters. The Morgan fingerprint density at radius 2 is 2.00 bits per heavy atom. The molecule has 1 aliphatic carbocycles. The number of rotatable bonds is 7. The molecule has 0 radical (unpaired) electrons. The van der Waals surface area contributed by atoms with Gasteiger partial charge < -0.3 is 10.0 Å². The van der Waals surface area contributed by atoms with E-state index in [2.05, 4.69) is 5.10 Å². The van der Waals surface area contributed by atoms with E-state index in [0.29, 0.717) is 18.2 Å². The van der Waals surface area contributed by atoms with Gasteiger partial charge in [0.15, 0.2) is 0 Å². The number of aliphatic carboxylic acids is 1.